The van der Waals surface area contributed by atoms with Gasteiger partial charge < -0.3 is 10.6 Å². The van der Waals surface area contributed by atoms with Crippen LogP contribution in [0, 0.1) is 0 Å². The van der Waals surface area contributed by atoms with Gasteiger partial charge in [0.2, 0.25) is 11.9 Å². The molecule has 1 unspecified atom stereocenters. The van der Waals surface area contributed by atoms with Crippen LogP contribution in [-0.2, 0) is 4.79 Å². The number of carbonyl (C=O) groups is 1. The molecule has 0 spiro atoms. The van der Waals surface area contributed by atoms with Gasteiger partial charge in [-0.1, -0.05) is 13.3 Å². The second-order valence-electron chi connectivity index (χ2n) is 5.33. The van der Waals surface area contributed by atoms with E-state index in [-0.39, 0.29) is 17.5 Å². The molecule has 18 heavy (non-hydrogen) atoms. The summed E-state index contributed by atoms with van der Waals surface area (Å²) < 4.78 is 0. The third-order valence-corrected chi connectivity index (χ3v) is 2.16. The number of rotatable bonds is 5. The minimum atomic E-state index is -0.388. The number of hydrogen-bond donors (Lipinski definition) is 4. The summed E-state index contributed by atoms with van der Waals surface area (Å²) in [7, 11) is 0. The third kappa shape index (κ3) is 7.89. The lowest BCUT2D eigenvalue weighted by atomic mass is 10.1. The highest BCUT2D eigenvalue weighted by Crippen LogP contribution is 1.99. The number of nitrogens with zero attached hydrogens (tertiary/aromatic N) is 1. The van der Waals surface area contributed by atoms with E-state index in [1.54, 1.807) is 6.92 Å². The van der Waals surface area contributed by atoms with E-state index in [0.29, 0.717) is 12.5 Å². The maximum absolute atomic E-state index is 11.8. The van der Waals surface area contributed by atoms with Crippen LogP contribution < -0.4 is 21.9 Å². The molecule has 0 radical (unpaired) electrons. The van der Waals surface area contributed by atoms with E-state index in [4.69, 9.17) is 5.84 Å². The summed E-state index contributed by atoms with van der Waals surface area (Å²) in [5.74, 6) is 5.72. The van der Waals surface area contributed by atoms with Crippen LogP contribution in [0.4, 0.5) is 0 Å². The molecule has 0 aromatic carbocycles. The van der Waals surface area contributed by atoms with Crippen molar-refractivity contribution in [2.75, 3.05) is 6.54 Å². The van der Waals surface area contributed by atoms with Gasteiger partial charge in [-0.2, -0.15) is 0 Å². The van der Waals surface area contributed by atoms with Crippen LogP contribution in [0.2, 0.25) is 0 Å². The molecular weight excluding hydrogens is 230 g/mol. The van der Waals surface area contributed by atoms with Crippen molar-refractivity contribution in [3.63, 3.8) is 0 Å². The Hall–Kier alpha value is -1.30. The van der Waals surface area contributed by atoms with Crippen LogP contribution >= 0.6 is 0 Å². The zero-order valence-corrected chi connectivity index (χ0v) is 12.1. The van der Waals surface area contributed by atoms with E-state index in [0.717, 1.165) is 12.8 Å². The summed E-state index contributed by atoms with van der Waals surface area (Å²) in [6.45, 7) is 10.4. The fourth-order valence-corrected chi connectivity index (χ4v) is 1.23. The van der Waals surface area contributed by atoms with Gasteiger partial charge in [-0.05, 0) is 34.1 Å². The van der Waals surface area contributed by atoms with Crippen molar-refractivity contribution in [1.82, 2.24) is 16.1 Å². The second kappa shape index (κ2) is 7.92. The van der Waals surface area contributed by atoms with Gasteiger partial charge >= 0.3 is 0 Å². The summed E-state index contributed by atoms with van der Waals surface area (Å²) in [5, 5.41) is 5.84. The fraction of sp³-hybridized carbons (Fsp3) is 0.833. The molecule has 0 aliphatic carbocycles. The first kappa shape index (κ1) is 16.7. The van der Waals surface area contributed by atoms with E-state index >= 15 is 0 Å². The van der Waals surface area contributed by atoms with Crippen LogP contribution in [0.3, 0.4) is 0 Å². The van der Waals surface area contributed by atoms with Crippen molar-refractivity contribution in [1.29, 1.82) is 0 Å². The lowest BCUT2D eigenvalue weighted by molar-refractivity contribution is -0.123. The maximum atomic E-state index is 11.8. The van der Waals surface area contributed by atoms with Crippen LogP contribution in [0.1, 0.15) is 47.5 Å². The molecule has 6 nitrogen and oxygen atoms in total. The zero-order chi connectivity index (χ0) is 14.2. The molecule has 0 aliphatic rings. The first-order valence-electron chi connectivity index (χ1n) is 6.39. The predicted octanol–water partition coefficient (Wildman–Crippen LogP) is 0.499. The lowest BCUT2D eigenvalue weighted by Crippen LogP contribution is -2.54. The molecule has 1 amide bonds. The molecule has 0 aromatic rings. The minimum absolute atomic E-state index is 0.0825. The Labute approximate surface area is 110 Å². The third-order valence-electron chi connectivity index (χ3n) is 2.16. The molecule has 106 valence electrons. The highest BCUT2D eigenvalue weighted by molar-refractivity contribution is 5.88. The number of carbonyl (C=O) groups excluding carboxylic acids is 1. The Morgan fingerprint density at radius 1 is 1.39 bits per heavy atom. The molecule has 0 heterocycles. The SMILES string of the molecule is CCCCN=C(NN)NC(C)C(=O)NC(C)(C)C. The number of nitrogens with two attached hydrogens (primary N) is 1. The fourth-order valence-electron chi connectivity index (χ4n) is 1.23. The molecule has 0 aliphatic heterocycles. The molecule has 0 saturated heterocycles. The van der Waals surface area contributed by atoms with Crippen LogP contribution in [-0.4, -0.2) is 30.0 Å². The number of aliphatic imine (C=N–C) groups is 1. The Morgan fingerprint density at radius 2 is 2.00 bits per heavy atom. The summed E-state index contributed by atoms with van der Waals surface area (Å²) in [6.07, 6.45) is 2.07. The molecule has 6 heteroatoms. The Bertz CT molecular complexity index is 283. The molecule has 0 aromatic heterocycles. The number of hydrogen-bond acceptors (Lipinski definition) is 3. The smallest absolute Gasteiger partial charge is 0.242 e. The van der Waals surface area contributed by atoms with Crippen molar-refractivity contribution in [2.24, 2.45) is 10.8 Å². The van der Waals surface area contributed by atoms with E-state index < -0.39 is 0 Å². The van der Waals surface area contributed by atoms with Gasteiger partial charge in [0.1, 0.15) is 6.04 Å². The van der Waals surface area contributed by atoms with Gasteiger partial charge in [0.15, 0.2) is 0 Å². The maximum Gasteiger partial charge on any atom is 0.242 e. The molecule has 0 saturated carbocycles. The Morgan fingerprint density at radius 3 is 2.44 bits per heavy atom. The normalized spacial score (nSPS) is 14.0. The van der Waals surface area contributed by atoms with Gasteiger partial charge in [0, 0.05) is 12.1 Å². The highest BCUT2D eigenvalue weighted by Gasteiger charge is 2.19. The first-order valence-corrected chi connectivity index (χ1v) is 6.39. The molecule has 1 atom stereocenters. The first-order chi connectivity index (χ1) is 8.30. The zero-order valence-electron chi connectivity index (χ0n) is 12.1. The van der Waals surface area contributed by atoms with Crippen molar-refractivity contribution in [3.8, 4) is 0 Å². The van der Waals surface area contributed by atoms with E-state index in [9.17, 15) is 4.79 Å². The van der Waals surface area contributed by atoms with E-state index in [1.807, 2.05) is 20.8 Å². The van der Waals surface area contributed by atoms with Gasteiger partial charge in [0.05, 0.1) is 0 Å². The molecule has 0 fully saturated rings. The van der Waals surface area contributed by atoms with Crippen LogP contribution in [0.5, 0.6) is 0 Å². The van der Waals surface area contributed by atoms with Crippen molar-refractivity contribution in [2.45, 2.75) is 59.0 Å². The molecular formula is C12H27N5O. The summed E-state index contributed by atoms with van der Waals surface area (Å²) >= 11 is 0. The van der Waals surface area contributed by atoms with Gasteiger partial charge in [0.25, 0.3) is 0 Å². The number of nitrogens with one attached hydrogen (secondary N) is 3. The predicted molar refractivity (Wildman–Crippen MR) is 75.0 cm³/mol. The highest BCUT2D eigenvalue weighted by atomic mass is 16.2. The summed E-state index contributed by atoms with van der Waals surface area (Å²) in [5.41, 5.74) is 2.22. The van der Waals surface area contributed by atoms with Gasteiger partial charge in [-0.15, -0.1) is 0 Å². The average molecular weight is 257 g/mol. The molecule has 0 rings (SSSR count). The van der Waals surface area contributed by atoms with Gasteiger partial charge in [-0.25, -0.2) is 5.84 Å². The van der Waals surface area contributed by atoms with Crippen LogP contribution in [0.25, 0.3) is 0 Å². The lowest BCUT2D eigenvalue weighted by Gasteiger charge is -2.24. The number of hydrazine groups is 1. The summed E-state index contributed by atoms with van der Waals surface area (Å²) in [6, 6.07) is -0.388. The van der Waals surface area contributed by atoms with Gasteiger partial charge in [-0.3, -0.25) is 15.2 Å². The quantitative estimate of drug-likeness (QED) is 0.190. The van der Waals surface area contributed by atoms with Crippen LogP contribution in [0.15, 0.2) is 4.99 Å². The van der Waals surface area contributed by atoms with E-state index in [1.165, 1.54) is 0 Å². The number of unbranched alkanes of at least 4 members (excludes halogenated alkanes) is 1. The van der Waals surface area contributed by atoms with Crippen molar-refractivity contribution in [3.05, 3.63) is 0 Å². The number of guanidine groups is 1. The second-order valence-corrected chi connectivity index (χ2v) is 5.33. The number of amides is 1. The van der Waals surface area contributed by atoms with Crippen molar-refractivity contribution < 1.29 is 4.79 Å². The monoisotopic (exact) mass is 257 g/mol. The van der Waals surface area contributed by atoms with Crippen molar-refractivity contribution >= 4 is 11.9 Å². The largest absolute Gasteiger partial charge is 0.350 e. The standard InChI is InChI=1S/C12H27N5O/c1-6-7-8-14-11(17-13)15-9(2)10(18)16-12(3,4)5/h9H,6-8,13H2,1-5H3,(H,16,18)(H2,14,15,17). The minimum Gasteiger partial charge on any atom is -0.350 e. The molecule has 0 bridgehead atoms. The molecule has 5 N–H and O–H groups in total. The topological polar surface area (TPSA) is 91.5 Å². The van der Waals surface area contributed by atoms with E-state index in [2.05, 4.69) is 28.0 Å². The average Bonchev–Trinajstić information content (AvgIpc) is 2.25. The summed E-state index contributed by atoms with van der Waals surface area (Å²) in [4.78, 5) is 16.1. The Kier molecular flexibility index (Phi) is 7.35. The Balaban J connectivity index is 4.29.